The van der Waals surface area contributed by atoms with Gasteiger partial charge in [-0.05, 0) is 19.4 Å². The third-order valence-corrected chi connectivity index (χ3v) is 5.89. The number of aliphatic hydroxyl groups excluding tert-OH is 1. The van der Waals surface area contributed by atoms with Gasteiger partial charge in [0.1, 0.15) is 17.0 Å². The van der Waals surface area contributed by atoms with E-state index in [0.29, 0.717) is 23.1 Å². The highest BCUT2D eigenvalue weighted by Crippen LogP contribution is 2.42. The van der Waals surface area contributed by atoms with Crippen molar-refractivity contribution in [2.45, 2.75) is 26.4 Å². The highest BCUT2D eigenvalue weighted by molar-refractivity contribution is 6.00. The summed E-state index contributed by atoms with van der Waals surface area (Å²) in [7, 11) is 1.81. The summed E-state index contributed by atoms with van der Waals surface area (Å²) in [5, 5.41) is 17.1. The third kappa shape index (κ3) is 5.51. The molecule has 0 bridgehead atoms. The summed E-state index contributed by atoms with van der Waals surface area (Å²) in [5.74, 6) is -1.67. The fourth-order valence-electron chi connectivity index (χ4n) is 3.49. The SMILES string of the molecule is Cn1cc(Nc2nccn3c(-c4ccc(CC(=O)N=C(N)/C=C(\O)C(C)(C)C(F)(F)F)cc4)cnc23)cn1. The first-order chi connectivity index (χ1) is 17.8. The average molecular weight is 527 g/mol. The highest BCUT2D eigenvalue weighted by atomic mass is 19.4. The van der Waals surface area contributed by atoms with Crippen molar-refractivity contribution < 1.29 is 23.1 Å². The predicted molar refractivity (Wildman–Crippen MR) is 136 cm³/mol. The molecule has 4 aromatic rings. The molecule has 4 rings (SSSR count). The average Bonchev–Trinajstić information content (AvgIpc) is 3.45. The minimum Gasteiger partial charge on any atom is -0.511 e. The van der Waals surface area contributed by atoms with E-state index in [9.17, 15) is 23.1 Å². The maximum Gasteiger partial charge on any atom is 0.400 e. The fourth-order valence-corrected chi connectivity index (χ4v) is 3.49. The number of hydrogen-bond acceptors (Lipinski definition) is 6. The molecule has 13 heteroatoms. The standard InChI is InChI=1S/C25H25F3N8O2/c1-24(2,25(26,27)28)19(37)11-20(29)34-21(38)10-15-4-6-16(7-5-15)18-13-31-23-22(30-8-9-36(18)23)33-17-12-32-35(3)14-17/h4-9,11-14,37H,10H2,1-3H3,(H,30,33)(H2,29,34,38)/b19-11-. The van der Waals surface area contributed by atoms with E-state index < -0.39 is 29.1 Å². The van der Waals surface area contributed by atoms with Crippen molar-refractivity contribution in [3.63, 3.8) is 0 Å². The van der Waals surface area contributed by atoms with Gasteiger partial charge in [-0.1, -0.05) is 24.3 Å². The number of nitrogens with two attached hydrogens (primary N) is 1. The quantitative estimate of drug-likeness (QED) is 0.185. The van der Waals surface area contributed by atoms with E-state index in [1.807, 2.05) is 29.8 Å². The van der Waals surface area contributed by atoms with Gasteiger partial charge in [0, 0.05) is 37.3 Å². The Morgan fingerprint density at radius 2 is 1.89 bits per heavy atom. The molecule has 0 aliphatic rings. The summed E-state index contributed by atoms with van der Waals surface area (Å²) in [5.41, 5.74) is 6.67. The van der Waals surface area contributed by atoms with Crippen LogP contribution in [-0.2, 0) is 18.3 Å². The minimum absolute atomic E-state index is 0.130. The van der Waals surface area contributed by atoms with Gasteiger partial charge in [-0.25, -0.2) is 9.97 Å². The molecule has 1 amide bonds. The summed E-state index contributed by atoms with van der Waals surface area (Å²) < 4.78 is 42.7. The van der Waals surface area contributed by atoms with Crippen molar-refractivity contribution in [3.8, 4) is 11.3 Å². The molecule has 0 fully saturated rings. The molecular weight excluding hydrogens is 501 g/mol. The van der Waals surface area contributed by atoms with E-state index in [4.69, 9.17) is 5.73 Å². The van der Waals surface area contributed by atoms with Gasteiger partial charge < -0.3 is 16.2 Å². The van der Waals surface area contributed by atoms with Crippen molar-refractivity contribution in [2.75, 3.05) is 5.32 Å². The number of anilines is 2. The first-order valence-corrected chi connectivity index (χ1v) is 11.4. The van der Waals surface area contributed by atoms with E-state index in [1.54, 1.807) is 41.6 Å². The zero-order valence-corrected chi connectivity index (χ0v) is 20.7. The van der Waals surface area contributed by atoms with Crippen LogP contribution in [0, 0.1) is 5.41 Å². The molecule has 0 atom stereocenters. The maximum atomic E-state index is 13.1. The number of rotatable bonds is 7. The lowest BCUT2D eigenvalue weighted by atomic mass is 9.89. The number of nitrogens with one attached hydrogen (secondary N) is 1. The smallest absolute Gasteiger partial charge is 0.400 e. The molecule has 10 nitrogen and oxygen atoms in total. The first-order valence-electron chi connectivity index (χ1n) is 11.4. The Morgan fingerprint density at radius 3 is 2.53 bits per heavy atom. The Kier molecular flexibility index (Phi) is 6.94. The lowest BCUT2D eigenvalue weighted by Crippen LogP contribution is -2.34. The van der Waals surface area contributed by atoms with Crippen LogP contribution in [0.2, 0.25) is 0 Å². The van der Waals surface area contributed by atoms with Gasteiger partial charge in [-0.15, -0.1) is 0 Å². The Morgan fingerprint density at radius 1 is 1.18 bits per heavy atom. The van der Waals surface area contributed by atoms with E-state index in [2.05, 4.69) is 25.4 Å². The summed E-state index contributed by atoms with van der Waals surface area (Å²) in [4.78, 5) is 24.7. The van der Waals surface area contributed by atoms with E-state index in [-0.39, 0.29) is 6.42 Å². The number of halogens is 3. The molecule has 0 aliphatic heterocycles. The molecule has 3 heterocycles. The number of aliphatic hydroxyl groups is 1. The lowest BCUT2D eigenvalue weighted by Gasteiger charge is -2.26. The second kappa shape index (κ2) is 10.00. The van der Waals surface area contributed by atoms with Crippen LogP contribution < -0.4 is 11.1 Å². The van der Waals surface area contributed by atoms with Crippen LogP contribution in [0.4, 0.5) is 24.7 Å². The monoisotopic (exact) mass is 526 g/mol. The van der Waals surface area contributed by atoms with Crippen LogP contribution >= 0.6 is 0 Å². The van der Waals surface area contributed by atoms with Gasteiger partial charge in [0.25, 0.3) is 5.91 Å². The number of benzene rings is 1. The molecule has 38 heavy (non-hydrogen) atoms. The predicted octanol–water partition coefficient (Wildman–Crippen LogP) is 4.33. The summed E-state index contributed by atoms with van der Waals surface area (Å²) >= 11 is 0. The van der Waals surface area contributed by atoms with E-state index >= 15 is 0 Å². The lowest BCUT2D eigenvalue weighted by molar-refractivity contribution is -0.206. The fraction of sp³-hybridized carbons (Fsp3) is 0.240. The van der Waals surface area contributed by atoms with Crippen LogP contribution in [0.15, 0.2) is 72.1 Å². The molecule has 3 aromatic heterocycles. The van der Waals surface area contributed by atoms with Crippen LogP contribution in [0.1, 0.15) is 19.4 Å². The first kappa shape index (κ1) is 26.4. The van der Waals surface area contributed by atoms with Crippen molar-refractivity contribution in [1.82, 2.24) is 24.1 Å². The van der Waals surface area contributed by atoms with Crippen molar-refractivity contribution in [3.05, 3.63) is 72.6 Å². The second-order valence-corrected chi connectivity index (χ2v) is 9.10. The van der Waals surface area contributed by atoms with Gasteiger partial charge in [0.15, 0.2) is 11.5 Å². The summed E-state index contributed by atoms with van der Waals surface area (Å²) in [6, 6.07) is 7.08. The number of allylic oxidation sites excluding steroid dienone is 1. The van der Waals surface area contributed by atoms with Crippen molar-refractivity contribution >= 4 is 28.9 Å². The number of aryl methyl sites for hydroxylation is 1. The molecule has 4 N–H and O–H groups in total. The molecule has 0 aliphatic carbocycles. The van der Waals surface area contributed by atoms with Gasteiger partial charge in [-0.3, -0.25) is 13.9 Å². The number of hydrogen-bond donors (Lipinski definition) is 3. The molecule has 0 saturated carbocycles. The molecule has 0 unspecified atom stereocenters. The topological polar surface area (TPSA) is 136 Å². The molecule has 0 saturated heterocycles. The second-order valence-electron chi connectivity index (χ2n) is 9.10. The number of amides is 1. The summed E-state index contributed by atoms with van der Waals surface area (Å²) in [6.07, 6.45) is 4.44. The number of aromatic nitrogens is 5. The number of aliphatic imine (C=N–C) groups is 1. The van der Waals surface area contributed by atoms with Crippen molar-refractivity contribution in [1.29, 1.82) is 0 Å². The van der Waals surface area contributed by atoms with Crippen LogP contribution in [-0.4, -0.2) is 47.2 Å². The number of nitrogens with zero attached hydrogens (tertiary/aromatic N) is 6. The number of carbonyl (C=O) groups is 1. The highest BCUT2D eigenvalue weighted by Gasteiger charge is 2.50. The molecular formula is C25H25F3N8O2. The third-order valence-electron chi connectivity index (χ3n) is 5.89. The van der Waals surface area contributed by atoms with Crippen molar-refractivity contribution in [2.24, 2.45) is 23.2 Å². The zero-order valence-electron chi connectivity index (χ0n) is 20.7. The number of imidazole rings is 1. The van der Waals surface area contributed by atoms with E-state index in [0.717, 1.165) is 30.8 Å². The van der Waals surface area contributed by atoms with Crippen LogP contribution in [0.5, 0.6) is 0 Å². The molecule has 198 valence electrons. The van der Waals surface area contributed by atoms with Gasteiger partial charge in [-0.2, -0.15) is 23.3 Å². The molecule has 0 spiro atoms. The van der Waals surface area contributed by atoms with Gasteiger partial charge >= 0.3 is 6.18 Å². The number of fused-ring (bicyclic) bond motifs is 1. The Balaban J connectivity index is 1.48. The maximum absolute atomic E-state index is 13.1. The normalized spacial score (nSPS) is 13.2. The number of amidine groups is 1. The van der Waals surface area contributed by atoms with Gasteiger partial charge in [0.2, 0.25) is 0 Å². The van der Waals surface area contributed by atoms with E-state index in [1.165, 1.54) is 0 Å². The Bertz CT molecular complexity index is 1530. The molecule has 1 aromatic carbocycles. The largest absolute Gasteiger partial charge is 0.511 e. The number of alkyl halides is 3. The summed E-state index contributed by atoms with van der Waals surface area (Å²) in [6.45, 7) is 1.60. The number of carbonyl (C=O) groups excluding carboxylic acids is 1. The molecule has 0 radical (unpaired) electrons. The Labute approximate surface area is 215 Å². The minimum atomic E-state index is -4.70. The van der Waals surface area contributed by atoms with Crippen LogP contribution in [0.25, 0.3) is 16.9 Å². The van der Waals surface area contributed by atoms with Gasteiger partial charge in [0.05, 0.1) is 30.2 Å². The van der Waals surface area contributed by atoms with Crippen LogP contribution in [0.3, 0.4) is 0 Å². The zero-order chi connectivity index (χ0) is 27.7. The Hall–Kier alpha value is -4.68.